The molecule has 1 atom stereocenters. The number of aryl methyl sites for hydroxylation is 1. The molecule has 0 radical (unpaired) electrons. The van der Waals surface area contributed by atoms with Gasteiger partial charge in [0.1, 0.15) is 11.9 Å². The molecule has 3 rings (SSSR count). The summed E-state index contributed by atoms with van der Waals surface area (Å²) in [5.41, 5.74) is 1.67. The van der Waals surface area contributed by atoms with Crippen molar-refractivity contribution in [2.75, 3.05) is 11.9 Å². The molecule has 1 aromatic carbocycles. The maximum atomic E-state index is 13.9. The zero-order chi connectivity index (χ0) is 15.7. The molecule has 1 unspecified atom stereocenters. The van der Waals surface area contributed by atoms with Gasteiger partial charge in [-0.3, -0.25) is 4.79 Å². The van der Waals surface area contributed by atoms with Crippen molar-refractivity contribution in [1.82, 2.24) is 5.32 Å². The van der Waals surface area contributed by atoms with E-state index in [1.807, 2.05) is 13.0 Å². The molecular weight excluding hydrogens is 283 g/mol. The molecule has 1 aliphatic carbocycles. The van der Waals surface area contributed by atoms with Crippen LogP contribution < -0.4 is 10.6 Å². The Balaban J connectivity index is 1.47. The van der Waals surface area contributed by atoms with Gasteiger partial charge >= 0.3 is 0 Å². The van der Waals surface area contributed by atoms with E-state index in [1.165, 1.54) is 6.07 Å². The standard InChI is InChI=1S/C17H23FN2O2/c1-11-8-13(18)12-10-15(20-14(12)9-11)16(21)19-7-3-6-17(22)4-2-5-17/h8-9,15,20,22H,2-7,10H2,1H3,(H,19,21). The van der Waals surface area contributed by atoms with Gasteiger partial charge in [-0.05, 0) is 56.7 Å². The molecule has 0 bridgehead atoms. The Bertz CT molecular complexity index is 584. The fourth-order valence-electron chi connectivity index (χ4n) is 3.30. The number of carbonyl (C=O) groups is 1. The first-order valence-corrected chi connectivity index (χ1v) is 8.02. The fraction of sp³-hybridized carbons (Fsp3) is 0.588. The lowest BCUT2D eigenvalue weighted by atomic mass is 9.77. The molecule has 1 fully saturated rings. The molecule has 1 heterocycles. The summed E-state index contributed by atoms with van der Waals surface area (Å²) in [4.78, 5) is 12.2. The Morgan fingerprint density at radius 2 is 2.27 bits per heavy atom. The molecule has 0 spiro atoms. The lowest BCUT2D eigenvalue weighted by molar-refractivity contribution is -0.121. The van der Waals surface area contributed by atoms with Gasteiger partial charge < -0.3 is 15.7 Å². The summed E-state index contributed by atoms with van der Waals surface area (Å²) < 4.78 is 13.9. The largest absolute Gasteiger partial charge is 0.390 e. The van der Waals surface area contributed by atoms with Crippen LogP contribution in [-0.4, -0.2) is 29.2 Å². The lowest BCUT2D eigenvalue weighted by Gasteiger charge is -2.36. The molecule has 22 heavy (non-hydrogen) atoms. The lowest BCUT2D eigenvalue weighted by Crippen LogP contribution is -2.40. The minimum atomic E-state index is -0.493. The van der Waals surface area contributed by atoms with Crippen LogP contribution >= 0.6 is 0 Å². The van der Waals surface area contributed by atoms with Gasteiger partial charge in [0.25, 0.3) is 0 Å². The molecule has 5 heteroatoms. The van der Waals surface area contributed by atoms with Gasteiger partial charge in [0.15, 0.2) is 0 Å². The maximum Gasteiger partial charge on any atom is 0.242 e. The van der Waals surface area contributed by atoms with E-state index in [9.17, 15) is 14.3 Å². The van der Waals surface area contributed by atoms with Crippen LogP contribution in [0.5, 0.6) is 0 Å². The Morgan fingerprint density at radius 1 is 1.50 bits per heavy atom. The minimum absolute atomic E-state index is 0.103. The summed E-state index contributed by atoms with van der Waals surface area (Å²) >= 11 is 0. The van der Waals surface area contributed by atoms with Gasteiger partial charge in [-0.25, -0.2) is 4.39 Å². The Kier molecular flexibility index (Phi) is 4.08. The van der Waals surface area contributed by atoms with Crippen molar-refractivity contribution in [3.05, 3.63) is 29.1 Å². The van der Waals surface area contributed by atoms with Gasteiger partial charge in [0, 0.05) is 24.2 Å². The number of hydrogen-bond acceptors (Lipinski definition) is 3. The average Bonchev–Trinajstić information content (AvgIpc) is 2.85. The number of nitrogens with one attached hydrogen (secondary N) is 2. The topological polar surface area (TPSA) is 61.4 Å². The van der Waals surface area contributed by atoms with Gasteiger partial charge in [-0.2, -0.15) is 0 Å². The minimum Gasteiger partial charge on any atom is -0.390 e. The summed E-state index contributed by atoms with van der Waals surface area (Å²) in [6.07, 6.45) is 4.74. The molecular formula is C17H23FN2O2. The smallest absolute Gasteiger partial charge is 0.242 e. The molecule has 1 amide bonds. The number of amides is 1. The molecule has 120 valence electrons. The molecule has 1 aromatic rings. The van der Waals surface area contributed by atoms with E-state index in [4.69, 9.17) is 0 Å². The normalized spacial score (nSPS) is 21.7. The number of carbonyl (C=O) groups excluding carboxylic acids is 1. The second-order valence-corrected chi connectivity index (χ2v) is 6.65. The van der Waals surface area contributed by atoms with E-state index in [0.717, 1.165) is 43.4 Å². The molecule has 0 aromatic heterocycles. The summed E-state index contributed by atoms with van der Waals surface area (Å²) in [6, 6.07) is 2.97. The van der Waals surface area contributed by atoms with Crippen LogP contribution in [-0.2, 0) is 11.2 Å². The van der Waals surface area contributed by atoms with Crippen LogP contribution in [0.3, 0.4) is 0 Å². The predicted molar refractivity (Wildman–Crippen MR) is 83.3 cm³/mol. The van der Waals surface area contributed by atoms with E-state index in [0.29, 0.717) is 18.5 Å². The van der Waals surface area contributed by atoms with Gasteiger partial charge in [-0.1, -0.05) is 0 Å². The highest BCUT2D eigenvalue weighted by Gasteiger charge is 2.33. The second-order valence-electron chi connectivity index (χ2n) is 6.65. The zero-order valence-corrected chi connectivity index (χ0v) is 12.9. The molecule has 4 nitrogen and oxygen atoms in total. The van der Waals surface area contributed by atoms with E-state index in [-0.39, 0.29) is 11.7 Å². The summed E-state index contributed by atoms with van der Waals surface area (Å²) in [5.74, 6) is -0.348. The van der Waals surface area contributed by atoms with Crippen LogP contribution in [0.15, 0.2) is 12.1 Å². The fourth-order valence-corrected chi connectivity index (χ4v) is 3.30. The van der Waals surface area contributed by atoms with Crippen molar-refractivity contribution < 1.29 is 14.3 Å². The average molecular weight is 306 g/mol. The van der Waals surface area contributed by atoms with E-state index >= 15 is 0 Å². The third-order valence-electron chi connectivity index (χ3n) is 4.80. The SMILES string of the molecule is Cc1cc(F)c2c(c1)NC(C(=O)NCCCC1(O)CCC1)C2. The van der Waals surface area contributed by atoms with E-state index in [1.54, 1.807) is 0 Å². The molecule has 3 N–H and O–H groups in total. The first kappa shape index (κ1) is 15.3. The second kappa shape index (κ2) is 5.88. The Hall–Kier alpha value is -1.62. The van der Waals surface area contributed by atoms with Crippen LogP contribution in [0.4, 0.5) is 10.1 Å². The van der Waals surface area contributed by atoms with Crippen molar-refractivity contribution in [1.29, 1.82) is 0 Å². The summed E-state index contributed by atoms with van der Waals surface area (Å²) in [6.45, 7) is 2.39. The van der Waals surface area contributed by atoms with Gasteiger partial charge in [0.05, 0.1) is 5.60 Å². The van der Waals surface area contributed by atoms with Crippen molar-refractivity contribution in [3.8, 4) is 0 Å². The maximum absolute atomic E-state index is 13.9. The van der Waals surface area contributed by atoms with Crippen molar-refractivity contribution in [2.24, 2.45) is 0 Å². The highest BCUT2D eigenvalue weighted by atomic mass is 19.1. The van der Waals surface area contributed by atoms with Crippen LogP contribution in [0, 0.1) is 12.7 Å². The van der Waals surface area contributed by atoms with Crippen LogP contribution in [0.25, 0.3) is 0 Å². The number of halogens is 1. The van der Waals surface area contributed by atoms with Gasteiger partial charge in [0.2, 0.25) is 5.91 Å². The number of benzene rings is 1. The number of rotatable bonds is 5. The van der Waals surface area contributed by atoms with Crippen molar-refractivity contribution in [2.45, 2.75) is 57.1 Å². The third-order valence-corrected chi connectivity index (χ3v) is 4.80. The monoisotopic (exact) mass is 306 g/mol. The predicted octanol–water partition coefficient (Wildman–Crippen LogP) is 2.28. The van der Waals surface area contributed by atoms with Crippen molar-refractivity contribution >= 4 is 11.6 Å². The third kappa shape index (κ3) is 3.09. The van der Waals surface area contributed by atoms with Crippen LogP contribution in [0.2, 0.25) is 0 Å². The van der Waals surface area contributed by atoms with E-state index in [2.05, 4.69) is 10.6 Å². The Labute approximate surface area is 130 Å². The number of fused-ring (bicyclic) bond motifs is 1. The van der Waals surface area contributed by atoms with E-state index < -0.39 is 11.6 Å². The first-order chi connectivity index (χ1) is 10.5. The summed E-state index contributed by atoms with van der Waals surface area (Å²) in [7, 11) is 0. The summed E-state index contributed by atoms with van der Waals surface area (Å²) in [5, 5.41) is 16.0. The Morgan fingerprint density at radius 3 is 2.95 bits per heavy atom. The number of aliphatic hydroxyl groups is 1. The highest BCUT2D eigenvalue weighted by Crippen LogP contribution is 2.35. The van der Waals surface area contributed by atoms with Gasteiger partial charge in [-0.15, -0.1) is 0 Å². The molecule has 2 aliphatic rings. The highest BCUT2D eigenvalue weighted by molar-refractivity contribution is 5.87. The number of hydrogen-bond donors (Lipinski definition) is 3. The molecule has 1 saturated carbocycles. The zero-order valence-electron chi connectivity index (χ0n) is 12.9. The molecule has 0 saturated heterocycles. The quantitative estimate of drug-likeness (QED) is 0.731. The van der Waals surface area contributed by atoms with Crippen molar-refractivity contribution in [3.63, 3.8) is 0 Å². The number of anilines is 1. The van der Waals surface area contributed by atoms with Crippen LogP contribution in [0.1, 0.15) is 43.2 Å². The molecule has 1 aliphatic heterocycles. The first-order valence-electron chi connectivity index (χ1n) is 8.02.